The number of amides is 1. The first-order chi connectivity index (χ1) is 15.0. The summed E-state index contributed by atoms with van der Waals surface area (Å²) >= 11 is 6.35. The Labute approximate surface area is 187 Å². The molecule has 2 atom stereocenters. The number of carbonyl (C=O) groups excluding carboxylic acids is 1. The topological polar surface area (TPSA) is 92.2 Å². The van der Waals surface area contributed by atoms with Crippen LogP contribution in [0.15, 0.2) is 47.6 Å². The highest BCUT2D eigenvalue weighted by molar-refractivity contribution is 6.32. The molecule has 2 aromatic carbocycles. The molecule has 1 aliphatic rings. The molecule has 0 spiro atoms. The Morgan fingerprint density at radius 2 is 2.03 bits per heavy atom. The molecule has 0 fully saturated rings. The standard InChI is InChI=1S/C23H28ClN3O4/c1-15-7-3-4-10-20(15)31-23(16(2)28)25-13-6-14-30-22-17(8-5-9-18(22)24)19-11-12-21(29)27-26-19/h3-5,7-10,16,23,25,28H,6,11-14H2,1-2H3,(H,27,29). The van der Waals surface area contributed by atoms with E-state index in [2.05, 4.69) is 15.8 Å². The number of aliphatic hydroxyl groups excluding tert-OH is 1. The summed E-state index contributed by atoms with van der Waals surface area (Å²) in [6, 6.07) is 13.2. The van der Waals surface area contributed by atoms with Gasteiger partial charge in [0.15, 0.2) is 6.23 Å². The van der Waals surface area contributed by atoms with Crippen molar-refractivity contribution in [2.24, 2.45) is 5.10 Å². The summed E-state index contributed by atoms with van der Waals surface area (Å²) in [6.07, 6.45) is 0.383. The van der Waals surface area contributed by atoms with Crippen molar-refractivity contribution in [3.8, 4) is 11.5 Å². The molecule has 1 heterocycles. The van der Waals surface area contributed by atoms with Crippen LogP contribution < -0.4 is 20.2 Å². The third-order valence-electron chi connectivity index (χ3n) is 4.88. The van der Waals surface area contributed by atoms with E-state index in [-0.39, 0.29) is 5.91 Å². The van der Waals surface area contributed by atoms with E-state index in [1.165, 1.54) is 0 Å². The Morgan fingerprint density at radius 3 is 2.74 bits per heavy atom. The van der Waals surface area contributed by atoms with Crippen molar-refractivity contribution in [3.05, 3.63) is 58.6 Å². The number of hydrogen-bond acceptors (Lipinski definition) is 6. The zero-order chi connectivity index (χ0) is 22.2. The van der Waals surface area contributed by atoms with Gasteiger partial charge in [0.1, 0.15) is 17.6 Å². The number of benzene rings is 2. The van der Waals surface area contributed by atoms with Gasteiger partial charge in [-0.05, 0) is 44.0 Å². The third-order valence-corrected chi connectivity index (χ3v) is 5.18. The van der Waals surface area contributed by atoms with E-state index in [4.69, 9.17) is 21.1 Å². The van der Waals surface area contributed by atoms with Crippen LogP contribution in [-0.4, -0.2) is 42.2 Å². The molecule has 0 aliphatic carbocycles. The van der Waals surface area contributed by atoms with Crippen LogP contribution in [0.4, 0.5) is 0 Å². The summed E-state index contributed by atoms with van der Waals surface area (Å²) in [6.45, 7) is 4.65. The average Bonchev–Trinajstić information content (AvgIpc) is 2.75. The fraction of sp³-hybridized carbons (Fsp3) is 0.391. The molecule has 2 aromatic rings. The average molecular weight is 446 g/mol. The highest BCUT2D eigenvalue weighted by Gasteiger charge is 2.19. The van der Waals surface area contributed by atoms with Crippen molar-refractivity contribution in [3.63, 3.8) is 0 Å². The van der Waals surface area contributed by atoms with Gasteiger partial charge in [-0.25, -0.2) is 5.43 Å². The van der Waals surface area contributed by atoms with Gasteiger partial charge in [-0.3, -0.25) is 10.1 Å². The molecule has 1 aliphatic heterocycles. The molecule has 0 aromatic heterocycles. The summed E-state index contributed by atoms with van der Waals surface area (Å²) in [5.74, 6) is 1.19. The smallest absolute Gasteiger partial charge is 0.240 e. The number of nitrogens with zero attached hydrogens (tertiary/aromatic N) is 1. The molecular formula is C23H28ClN3O4. The SMILES string of the molecule is Cc1ccccc1OC(NCCCOc1c(Cl)cccc1C1=NNC(=O)CC1)C(C)O. The van der Waals surface area contributed by atoms with Crippen LogP contribution in [0.3, 0.4) is 0 Å². The van der Waals surface area contributed by atoms with Crippen molar-refractivity contribution >= 4 is 23.2 Å². The fourth-order valence-corrected chi connectivity index (χ4v) is 3.41. The number of hydrazone groups is 1. The van der Waals surface area contributed by atoms with Crippen molar-refractivity contribution in [2.45, 2.75) is 45.4 Å². The van der Waals surface area contributed by atoms with E-state index < -0.39 is 12.3 Å². The van der Waals surface area contributed by atoms with E-state index >= 15 is 0 Å². The van der Waals surface area contributed by atoms with Crippen LogP contribution in [-0.2, 0) is 4.79 Å². The van der Waals surface area contributed by atoms with Crippen LogP contribution in [0, 0.1) is 6.92 Å². The first-order valence-corrected chi connectivity index (χ1v) is 10.7. The molecular weight excluding hydrogens is 418 g/mol. The number of para-hydroxylation sites is 2. The predicted molar refractivity (Wildman–Crippen MR) is 121 cm³/mol. The minimum atomic E-state index is -0.685. The van der Waals surface area contributed by atoms with Gasteiger partial charge in [0, 0.05) is 24.9 Å². The molecule has 7 nitrogen and oxygen atoms in total. The first kappa shape index (κ1) is 23.1. The molecule has 0 bridgehead atoms. The summed E-state index contributed by atoms with van der Waals surface area (Å²) in [5, 5.41) is 17.9. The molecule has 3 rings (SSSR count). The largest absolute Gasteiger partial charge is 0.491 e. The van der Waals surface area contributed by atoms with Crippen molar-refractivity contribution in [1.29, 1.82) is 0 Å². The van der Waals surface area contributed by atoms with Gasteiger partial charge in [0.05, 0.1) is 17.3 Å². The zero-order valence-corrected chi connectivity index (χ0v) is 18.5. The van der Waals surface area contributed by atoms with Crippen LogP contribution in [0.2, 0.25) is 5.02 Å². The lowest BCUT2D eigenvalue weighted by atomic mass is 10.0. The quantitative estimate of drug-likeness (QED) is 0.385. The van der Waals surface area contributed by atoms with Crippen LogP contribution >= 0.6 is 11.6 Å². The fourth-order valence-electron chi connectivity index (χ4n) is 3.18. The summed E-state index contributed by atoms with van der Waals surface area (Å²) in [4.78, 5) is 11.4. The van der Waals surface area contributed by atoms with Gasteiger partial charge in [-0.2, -0.15) is 5.10 Å². The Hall–Kier alpha value is -2.61. The molecule has 3 N–H and O–H groups in total. The van der Waals surface area contributed by atoms with Gasteiger partial charge in [0.2, 0.25) is 5.91 Å². The lowest BCUT2D eigenvalue weighted by Gasteiger charge is -2.24. The molecule has 2 unspecified atom stereocenters. The number of carbonyl (C=O) groups is 1. The Bertz CT molecular complexity index is 933. The van der Waals surface area contributed by atoms with Gasteiger partial charge >= 0.3 is 0 Å². The second-order valence-electron chi connectivity index (χ2n) is 7.41. The van der Waals surface area contributed by atoms with Gasteiger partial charge < -0.3 is 14.6 Å². The van der Waals surface area contributed by atoms with Crippen molar-refractivity contribution < 1.29 is 19.4 Å². The van der Waals surface area contributed by atoms with Crippen molar-refractivity contribution in [2.75, 3.05) is 13.2 Å². The van der Waals surface area contributed by atoms with Crippen LogP contribution in [0.25, 0.3) is 0 Å². The Balaban J connectivity index is 1.53. The number of rotatable bonds is 10. The Morgan fingerprint density at radius 1 is 1.23 bits per heavy atom. The molecule has 31 heavy (non-hydrogen) atoms. The summed E-state index contributed by atoms with van der Waals surface area (Å²) < 4.78 is 11.9. The maximum Gasteiger partial charge on any atom is 0.240 e. The number of aliphatic hydroxyl groups is 1. The molecule has 8 heteroatoms. The second-order valence-corrected chi connectivity index (χ2v) is 7.82. The minimum Gasteiger partial charge on any atom is -0.491 e. The third kappa shape index (κ3) is 6.43. The van der Waals surface area contributed by atoms with E-state index in [0.29, 0.717) is 43.2 Å². The van der Waals surface area contributed by atoms with Crippen LogP contribution in [0.5, 0.6) is 11.5 Å². The Kier molecular flexibility index (Phi) is 8.28. The van der Waals surface area contributed by atoms with Gasteiger partial charge in [-0.1, -0.05) is 35.9 Å². The predicted octanol–water partition coefficient (Wildman–Crippen LogP) is 3.41. The molecule has 0 radical (unpaired) electrons. The number of aryl methyl sites for hydroxylation is 1. The second kappa shape index (κ2) is 11.1. The maximum atomic E-state index is 11.4. The highest BCUT2D eigenvalue weighted by atomic mass is 35.5. The van der Waals surface area contributed by atoms with E-state index in [0.717, 1.165) is 22.6 Å². The highest BCUT2D eigenvalue weighted by Crippen LogP contribution is 2.30. The summed E-state index contributed by atoms with van der Waals surface area (Å²) in [7, 11) is 0. The molecule has 166 valence electrons. The normalized spacial score (nSPS) is 15.6. The summed E-state index contributed by atoms with van der Waals surface area (Å²) in [5.41, 5.74) is 5.04. The maximum absolute atomic E-state index is 11.4. The molecule has 1 amide bonds. The van der Waals surface area contributed by atoms with Gasteiger partial charge in [-0.15, -0.1) is 0 Å². The lowest BCUT2D eigenvalue weighted by Crippen LogP contribution is -2.43. The van der Waals surface area contributed by atoms with Gasteiger partial charge in [0.25, 0.3) is 0 Å². The minimum absolute atomic E-state index is 0.0973. The number of hydrogen-bond donors (Lipinski definition) is 3. The van der Waals surface area contributed by atoms with E-state index in [1.807, 2.05) is 43.3 Å². The van der Waals surface area contributed by atoms with Crippen LogP contribution in [0.1, 0.15) is 37.3 Å². The number of ether oxygens (including phenoxy) is 2. The molecule has 0 saturated carbocycles. The monoisotopic (exact) mass is 445 g/mol. The first-order valence-electron chi connectivity index (χ1n) is 10.4. The number of nitrogens with one attached hydrogen (secondary N) is 2. The lowest BCUT2D eigenvalue weighted by molar-refractivity contribution is -0.121. The number of halogens is 1. The van der Waals surface area contributed by atoms with Crippen molar-refractivity contribution in [1.82, 2.24) is 10.7 Å². The van der Waals surface area contributed by atoms with E-state index in [1.54, 1.807) is 13.0 Å². The van der Waals surface area contributed by atoms with E-state index in [9.17, 15) is 9.90 Å². The molecule has 0 saturated heterocycles. The zero-order valence-electron chi connectivity index (χ0n) is 17.7.